The molecule has 5 heterocycles. The van der Waals surface area contributed by atoms with Gasteiger partial charge in [-0.15, -0.1) is 0 Å². The number of likely N-dealkylation sites (tertiary alicyclic amines) is 2. The van der Waals surface area contributed by atoms with Crippen molar-refractivity contribution in [3.63, 3.8) is 0 Å². The largest absolute Gasteiger partial charge is 0.497 e. The van der Waals surface area contributed by atoms with E-state index in [1.54, 1.807) is 50.6 Å². The molecule has 2 aromatic heterocycles. The summed E-state index contributed by atoms with van der Waals surface area (Å²) in [6, 6.07) is 35.8. The number of hydrogen-bond acceptors (Lipinski definition) is 15. The fourth-order valence-electron chi connectivity index (χ4n) is 10.4. The first-order chi connectivity index (χ1) is 39.3. The first-order valence-electron chi connectivity index (χ1n) is 28.1. The molecule has 0 bridgehead atoms. The molecule has 2 saturated heterocycles. The molecular formula is C64H81N9O9. The van der Waals surface area contributed by atoms with E-state index in [1.165, 1.54) is 0 Å². The molecule has 4 aromatic carbocycles. The van der Waals surface area contributed by atoms with Gasteiger partial charge in [-0.1, -0.05) is 48.5 Å². The number of amides is 3. The van der Waals surface area contributed by atoms with Crippen molar-refractivity contribution in [3.8, 4) is 23.0 Å². The first-order valence-corrected chi connectivity index (χ1v) is 28.1. The second-order valence-corrected chi connectivity index (χ2v) is 22.9. The molecule has 82 heavy (non-hydrogen) atoms. The molecular weight excluding hydrogens is 1040 g/mol. The van der Waals surface area contributed by atoms with Crippen LogP contribution in [-0.4, -0.2) is 116 Å². The minimum absolute atomic E-state index is 0.0316. The molecule has 18 nitrogen and oxygen atoms in total. The van der Waals surface area contributed by atoms with Gasteiger partial charge in [-0.3, -0.25) is 4.79 Å². The van der Waals surface area contributed by atoms with Gasteiger partial charge >= 0.3 is 12.2 Å². The van der Waals surface area contributed by atoms with E-state index in [1.807, 2.05) is 156 Å². The zero-order valence-electron chi connectivity index (χ0n) is 49.3. The number of piperidine rings is 2. The molecule has 0 radical (unpaired) electrons. The Balaban J connectivity index is 0.000000215. The number of nitrogen functional groups attached to an aromatic ring is 1. The lowest BCUT2D eigenvalue weighted by Gasteiger charge is -2.38. The zero-order valence-corrected chi connectivity index (χ0v) is 49.3. The van der Waals surface area contributed by atoms with Gasteiger partial charge in [0, 0.05) is 76.4 Å². The Morgan fingerprint density at radius 1 is 0.573 bits per heavy atom. The molecule has 18 heteroatoms. The van der Waals surface area contributed by atoms with Crippen molar-refractivity contribution in [3.05, 3.63) is 149 Å². The smallest absolute Gasteiger partial charge is 0.410 e. The second kappa shape index (κ2) is 26.9. The summed E-state index contributed by atoms with van der Waals surface area (Å²) in [6.07, 6.45) is 6.65. The van der Waals surface area contributed by atoms with E-state index in [-0.39, 0.29) is 36.6 Å². The number of carbonyl (C=O) groups is 3. The number of aromatic nitrogens is 2. The summed E-state index contributed by atoms with van der Waals surface area (Å²) in [4.78, 5) is 58.4. The van der Waals surface area contributed by atoms with E-state index in [0.29, 0.717) is 63.9 Å². The van der Waals surface area contributed by atoms with Crippen LogP contribution in [0.3, 0.4) is 0 Å². The van der Waals surface area contributed by atoms with Crippen LogP contribution in [0.15, 0.2) is 122 Å². The lowest BCUT2D eigenvalue weighted by Crippen LogP contribution is -2.51. The molecule has 3 aliphatic heterocycles. The number of nitrogens with zero attached hydrogens (tertiary/aromatic N) is 7. The molecule has 0 spiro atoms. The van der Waals surface area contributed by atoms with Crippen LogP contribution in [0.2, 0.25) is 0 Å². The Bertz CT molecular complexity index is 2980. The second-order valence-electron chi connectivity index (χ2n) is 22.9. The lowest BCUT2D eigenvalue weighted by atomic mass is 10.0. The number of pyridine rings is 2. The normalized spacial score (nSPS) is 16.0. The maximum Gasteiger partial charge on any atom is 0.410 e. The van der Waals surface area contributed by atoms with Crippen LogP contribution in [0.1, 0.15) is 95.0 Å². The Morgan fingerprint density at radius 3 is 1.41 bits per heavy atom. The van der Waals surface area contributed by atoms with Gasteiger partial charge in [0.1, 0.15) is 40.0 Å². The van der Waals surface area contributed by atoms with E-state index < -0.39 is 11.2 Å². The van der Waals surface area contributed by atoms with Crippen molar-refractivity contribution in [2.45, 2.75) is 123 Å². The van der Waals surface area contributed by atoms with Gasteiger partial charge in [0.25, 0.3) is 0 Å². The zero-order chi connectivity index (χ0) is 58.6. The SMILES string of the molecule is COc1ccc(CN(Cc2ccc(OC)cc2)c2nccc(N[C@@H]3CCCN(C(=O)OC(C)(C)C)C3)c2N)cc1.COc1ccc(CN(Cc2ccc(OC)cc2)c2nccc3c2CC(=O)N3[C@@H]2CCCN(C(=O)OC(C)(C)C)C2)cc1. The molecule has 9 rings (SSSR count). The van der Waals surface area contributed by atoms with Crippen LogP contribution in [0, 0.1) is 0 Å². The van der Waals surface area contributed by atoms with E-state index >= 15 is 0 Å². The van der Waals surface area contributed by atoms with Crippen LogP contribution in [0.4, 0.5) is 38.3 Å². The third kappa shape index (κ3) is 15.9. The molecule has 6 aromatic rings. The topological polar surface area (TPSA) is 187 Å². The molecule has 2 fully saturated rings. The van der Waals surface area contributed by atoms with Gasteiger partial charge < -0.3 is 64.0 Å². The number of carbonyl (C=O) groups excluding carboxylic acids is 3. The van der Waals surface area contributed by atoms with Crippen LogP contribution in [0.5, 0.6) is 23.0 Å². The van der Waals surface area contributed by atoms with Crippen molar-refractivity contribution in [2.75, 3.05) is 80.4 Å². The Hall–Kier alpha value is -8.41. The molecule has 436 valence electrons. The molecule has 3 N–H and O–H groups in total. The van der Waals surface area contributed by atoms with Gasteiger partial charge in [-0.2, -0.15) is 0 Å². The number of benzene rings is 4. The summed E-state index contributed by atoms with van der Waals surface area (Å²) in [6.45, 7) is 16.0. The number of nitrogens with two attached hydrogens (primary N) is 1. The number of ether oxygens (including phenoxy) is 6. The molecule has 0 saturated carbocycles. The third-order valence-electron chi connectivity index (χ3n) is 14.4. The van der Waals surface area contributed by atoms with Crippen LogP contribution in [-0.2, 0) is 46.9 Å². The summed E-state index contributed by atoms with van der Waals surface area (Å²) >= 11 is 0. The van der Waals surface area contributed by atoms with Crippen molar-refractivity contribution < 1.29 is 42.8 Å². The van der Waals surface area contributed by atoms with E-state index in [2.05, 4.69) is 15.1 Å². The van der Waals surface area contributed by atoms with E-state index in [0.717, 1.165) is 93.7 Å². The van der Waals surface area contributed by atoms with Crippen molar-refractivity contribution in [1.29, 1.82) is 0 Å². The molecule has 3 amide bonds. The van der Waals surface area contributed by atoms with Crippen molar-refractivity contribution in [1.82, 2.24) is 19.8 Å². The Labute approximate surface area is 483 Å². The highest BCUT2D eigenvalue weighted by Gasteiger charge is 2.39. The average molecular weight is 1120 g/mol. The predicted molar refractivity (Wildman–Crippen MR) is 321 cm³/mol. The Kier molecular flexibility index (Phi) is 19.6. The fourth-order valence-corrected chi connectivity index (χ4v) is 10.4. The number of fused-ring (bicyclic) bond motifs is 1. The number of anilines is 5. The summed E-state index contributed by atoms with van der Waals surface area (Å²) < 4.78 is 32.6. The third-order valence-corrected chi connectivity index (χ3v) is 14.4. The lowest BCUT2D eigenvalue weighted by molar-refractivity contribution is -0.118. The summed E-state index contributed by atoms with van der Waals surface area (Å²) in [7, 11) is 6.63. The van der Waals surface area contributed by atoms with Gasteiger partial charge in [0.05, 0.1) is 58.0 Å². The minimum atomic E-state index is -0.572. The molecule has 3 aliphatic rings. The highest BCUT2D eigenvalue weighted by atomic mass is 16.6. The van der Waals surface area contributed by atoms with Crippen molar-refractivity contribution >= 4 is 46.8 Å². The number of hydrogen-bond donors (Lipinski definition) is 2. The first kappa shape index (κ1) is 59.7. The van der Waals surface area contributed by atoms with Gasteiger partial charge in [0.15, 0.2) is 5.82 Å². The fraction of sp³-hybridized carbons (Fsp3) is 0.422. The van der Waals surface area contributed by atoms with E-state index in [9.17, 15) is 14.4 Å². The highest BCUT2D eigenvalue weighted by molar-refractivity contribution is 6.03. The molecule has 2 atom stereocenters. The summed E-state index contributed by atoms with van der Waals surface area (Å²) in [5.74, 6) is 4.72. The predicted octanol–water partition coefficient (Wildman–Crippen LogP) is 11.3. The van der Waals surface area contributed by atoms with Crippen LogP contribution in [0.25, 0.3) is 0 Å². The number of nitrogens with one attached hydrogen (secondary N) is 1. The van der Waals surface area contributed by atoms with Gasteiger partial charge in [-0.25, -0.2) is 19.6 Å². The summed E-state index contributed by atoms with van der Waals surface area (Å²) in [5.41, 5.74) is 13.2. The standard InChI is InChI=1S/C33H40N4O5.C31H41N5O4/c1-33(2,3)42-32(39)35-18-6-7-25(22-35)37-29-16-17-34-31(28(29)19-30(37)38)36(20-23-8-12-26(40-4)13-9-23)21-24-10-14-27(41-5)15-11-24;1-31(2,3)40-30(37)35-18-6-7-24(21-35)34-27-16-17-33-29(28(27)32)36(19-22-8-12-25(38-4)13-9-22)20-23-10-14-26(39-5)15-11-23/h8-17,25H,6-7,18-22H2,1-5H3;8-17,24H,6-7,18-21,32H2,1-5H3,(H,33,34)/t25-;24-/m11/s1. The summed E-state index contributed by atoms with van der Waals surface area (Å²) in [5, 5.41) is 3.58. The highest BCUT2D eigenvalue weighted by Crippen LogP contribution is 2.39. The quantitative estimate of drug-likeness (QED) is 0.0878. The van der Waals surface area contributed by atoms with Gasteiger partial charge in [-0.05, 0) is 150 Å². The number of methoxy groups -OCH3 is 4. The minimum Gasteiger partial charge on any atom is -0.497 e. The van der Waals surface area contributed by atoms with Crippen molar-refractivity contribution in [2.24, 2.45) is 0 Å². The molecule has 0 aliphatic carbocycles. The monoisotopic (exact) mass is 1120 g/mol. The maximum atomic E-state index is 13.6. The maximum absolute atomic E-state index is 13.6. The van der Waals surface area contributed by atoms with Crippen LogP contribution >= 0.6 is 0 Å². The average Bonchev–Trinajstić information content (AvgIpc) is 3.50. The number of rotatable bonds is 17. The Morgan fingerprint density at radius 2 is 0.976 bits per heavy atom. The van der Waals surface area contributed by atoms with E-state index in [4.69, 9.17) is 44.1 Å². The molecule has 0 unspecified atom stereocenters. The van der Waals surface area contributed by atoms with Crippen LogP contribution < -0.4 is 44.7 Å². The van der Waals surface area contributed by atoms with Gasteiger partial charge in [0.2, 0.25) is 5.91 Å².